The minimum absolute atomic E-state index is 0.0370. The van der Waals surface area contributed by atoms with Gasteiger partial charge in [-0.15, -0.1) is 0 Å². The van der Waals surface area contributed by atoms with Gasteiger partial charge in [-0.3, -0.25) is 0 Å². The maximum atomic E-state index is 9.62. The normalized spacial score (nSPS) is 29.5. The largest absolute Gasteiger partial charge is 0.392 e. The van der Waals surface area contributed by atoms with Crippen LogP contribution in [0.5, 0.6) is 0 Å². The lowest BCUT2D eigenvalue weighted by atomic mass is 10.0. The zero-order valence-corrected chi connectivity index (χ0v) is 8.84. The summed E-state index contributed by atoms with van der Waals surface area (Å²) >= 11 is 0. The predicted octanol–water partition coefficient (Wildman–Crippen LogP) is 0.914. The van der Waals surface area contributed by atoms with Crippen LogP contribution in [0.25, 0.3) is 0 Å². The van der Waals surface area contributed by atoms with Gasteiger partial charge in [-0.25, -0.2) is 0 Å². The van der Waals surface area contributed by atoms with E-state index in [1.165, 1.54) is 0 Å². The highest BCUT2D eigenvalue weighted by atomic mass is 16.5. The van der Waals surface area contributed by atoms with Crippen molar-refractivity contribution in [3.63, 3.8) is 0 Å². The number of aliphatic hydroxyl groups excluding tert-OH is 1. The molecular formula is C10H21NO2. The Morgan fingerprint density at radius 1 is 1.46 bits per heavy atom. The third-order valence-electron chi connectivity index (χ3n) is 2.56. The number of hydrogen-bond donors (Lipinski definition) is 2. The lowest BCUT2D eigenvalue weighted by Gasteiger charge is -2.30. The number of methoxy groups -OCH3 is 1. The van der Waals surface area contributed by atoms with Crippen molar-refractivity contribution in [1.82, 2.24) is 5.32 Å². The summed E-state index contributed by atoms with van der Waals surface area (Å²) in [4.78, 5) is 0. The van der Waals surface area contributed by atoms with Crippen molar-refractivity contribution in [3.8, 4) is 0 Å². The monoisotopic (exact) mass is 187 g/mol. The molecule has 0 unspecified atom stereocenters. The number of hydrogen-bond acceptors (Lipinski definition) is 3. The SMILES string of the molecule is COCC(C)(C)N[C@@H]1CCC[C@H]1O. The van der Waals surface area contributed by atoms with Gasteiger partial charge in [-0.05, 0) is 33.1 Å². The fourth-order valence-electron chi connectivity index (χ4n) is 2.01. The Bertz CT molecular complexity index is 159. The Morgan fingerprint density at radius 2 is 2.15 bits per heavy atom. The number of rotatable bonds is 4. The van der Waals surface area contributed by atoms with Crippen LogP contribution in [-0.4, -0.2) is 36.5 Å². The predicted molar refractivity (Wildman–Crippen MR) is 52.7 cm³/mol. The third kappa shape index (κ3) is 3.25. The zero-order chi connectivity index (χ0) is 9.90. The molecule has 0 amide bonds. The van der Waals surface area contributed by atoms with Gasteiger partial charge in [0.05, 0.1) is 12.7 Å². The second kappa shape index (κ2) is 4.40. The topological polar surface area (TPSA) is 41.5 Å². The molecule has 0 bridgehead atoms. The van der Waals surface area contributed by atoms with Crippen LogP contribution < -0.4 is 5.32 Å². The second-order valence-corrected chi connectivity index (χ2v) is 4.57. The van der Waals surface area contributed by atoms with Gasteiger partial charge >= 0.3 is 0 Å². The van der Waals surface area contributed by atoms with Crippen LogP contribution in [0.1, 0.15) is 33.1 Å². The Hall–Kier alpha value is -0.120. The summed E-state index contributed by atoms with van der Waals surface area (Å²) in [7, 11) is 1.70. The number of aliphatic hydroxyl groups is 1. The maximum Gasteiger partial charge on any atom is 0.0693 e. The Balaban J connectivity index is 2.37. The molecule has 0 aliphatic heterocycles. The molecule has 0 aromatic rings. The molecule has 0 aromatic carbocycles. The minimum atomic E-state index is -0.170. The van der Waals surface area contributed by atoms with Gasteiger partial charge in [0.1, 0.15) is 0 Å². The van der Waals surface area contributed by atoms with Gasteiger partial charge in [0.15, 0.2) is 0 Å². The summed E-state index contributed by atoms with van der Waals surface area (Å²) in [5.41, 5.74) is -0.0370. The lowest BCUT2D eigenvalue weighted by Crippen LogP contribution is -2.51. The molecule has 0 spiro atoms. The molecule has 3 heteroatoms. The van der Waals surface area contributed by atoms with Crippen LogP contribution in [-0.2, 0) is 4.74 Å². The van der Waals surface area contributed by atoms with Crippen LogP contribution in [0.15, 0.2) is 0 Å². The molecule has 2 N–H and O–H groups in total. The summed E-state index contributed by atoms with van der Waals surface area (Å²) in [6.45, 7) is 4.87. The van der Waals surface area contributed by atoms with Crippen LogP contribution in [0.4, 0.5) is 0 Å². The molecule has 78 valence electrons. The first-order valence-corrected chi connectivity index (χ1v) is 5.00. The summed E-state index contributed by atoms with van der Waals surface area (Å²) < 4.78 is 5.11. The Morgan fingerprint density at radius 3 is 2.62 bits per heavy atom. The van der Waals surface area contributed by atoms with E-state index in [9.17, 15) is 5.11 Å². The van der Waals surface area contributed by atoms with E-state index in [-0.39, 0.29) is 17.7 Å². The van der Waals surface area contributed by atoms with Crippen molar-refractivity contribution >= 4 is 0 Å². The van der Waals surface area contributed by atoms with Crippen molar-refractivity contribution in [3.05, 3.63) is 0 Å². The van der Waals surface area contributed by atoms with E-state index in [0.29, 0.717) is 6.61 Å². The van der Waals surface area contributed by atoms with Gasteiger partial charge in [-0.1, -0.05) is 0 Å². The third-order valence-corrected chi connectivity index (χ3v) is 2.56. The average molecular weight is 187 g/mol. The van der Waals surface area contributed by atoms with Crippen LogP contribution >= 0.6 is 0 Å². The molecule has 3 nitrogen and oxygen atoms in total. The van der Waals surface area contributed by atoms with Gasteiger partial charge < -0.3 is 15.2 Å². The standard InChI is InChI=1S/C10H21NO2/c1-10(2,7-13-3)11-8-5-4-6-9(8)12/h8-9,11-12H,4-7H2,1-3H3/t8-,9-/m1/s1. The maximum absolute atomic E-state index is 9.62. The molecule has 1 rings (SSSR count). The molecule has 0 heterocycles. The van der Waals surface area contributed by atoms with E-state index in [4.69, 9.17) is 4.74 Å². The fraction of sp³-hybridized carbons (Fsp3) is 1.00. The Labute approximate surface area is 80.5 Å². The van der Waals surface area contributed by atoms with Crippen molar-refractivity contribution in [2.45, 2.75) is 50.8 Å². The fourth-order valence-corrected chi connectivity index (χ4v) is 2.01. The van der Waals surface area contributed by atoms with E-state index in [2.05, 4.69) is 19.2 Å². The van der Waals surface area contributed by atoms with Crippen LogP contribution in [0.2, 0.25) is 0 Å². The first kappa shape index (κ1) is 11.0. The number of ether oxygens (including phenoxy) is 1. The molecule has 13 heavy (non-hydrogen) atoms. The molecule has 1 aliphatic carbocycles. The molecule has 1 saturated carbocycles. The molecular weight excluding hydrogens is 166 g/mol. The number of nitrogens with one attached hydrogen (secondary N) is 1. The van der Waals surface area contributed by atoms with Crippen molar-refractivity contribution in [1.29, 1.82) is 0 Å². The Kier molecular flexibility index (Phi) is 3.71. The van der Waals surface area contributed by atoms with Gasteiger partial charge in [0.2, 0.25) is 0 Å². The van der Waals surface area contributed by atoms with Crippen molar-refractivity contribution in [2.24, 2.45) is 0 Å². The van der Waals surface area contributed by atoms with Crippen molar-refractivity contribution < 1.29 is 9.84 Å². The summed E-state index contributed by atoms with van der Waals surface area (Å²) in [6.07, 6.45) is 2.97. The first-order chi connectivity index (χ1) is 6.05. The second-order valence-electron chi connectivity index (χ2n) is 4.57. The summed E-state index contributed by atoms with van der Waals surface area (Å²) in [6, 6.07) is 0.255. The smallest absolute Gasteiger partial charge is 0.0693 e. The first-order valence-electron chi connectivity index (χ1n) is 5.00. The van der Waals surface area contributed by atoms with E-state index < -0.39 is 0 Å². The zero-order valence-electron chi connectivity index (χ0n) is 8.84. The molecule has 0 aromatic heterocycles. The summed E-state index contributed by atoms with van der Waals surface area (Å²) in [5, 5.41) is 13.0. The summed E-state index contributed by atoms with van der Waals surface area (Å²) in [5.74, 6) is 0. The minimum Gasteiger partial charge on any atom is -0.392 e. The van der Waals surface area contributed by atoms with E-state index >= 15 is 0 Å². The highest BCUT2D eigenvalue weighted by Gasteiger charge is 2.30. The quantitative estimate of drug-likeness (QED) is 0.687. The van der Waals surface area contributed by atoms with Crippen LogP contribution in [0, 0.1) is 0 Å². The molecule has 1 aliphatic rings. The van der Waals surface area contributed by atoms with Crippen LogP contribution in [0.3, 0.4) is 0 Å². The molecule has 0 saturated heterocycles. The molecule has 1 fully saturated rings. The van der Waals surface area contributed by atoms with Crippen molar-refractivity contribution in [2.75, 3.05) is 13.7 Å². The van der Waals surface area contributed by atoms with E-state index in [1.807, 2.05) is 0 Å². The van der Waals surface area contributed by atoms with E-state index in [1.54, 1.807) is 7.11 Å². The van der Waals surface area contributed by atoms with Gasteiger partial charge in [0.25, 0.3) is 0 Å². The molecule has 0 radical (unpaired) electrons. The van der Waals surface area contributed by atoms with Gasteiger partial charge in [0, 0.05) is 18.7 Å². The van der Waals surface area contributed by atoms with Gasteiger partial charge in [-0.2, -0.15) is 0 Å². The van der Waals surface area contributed by atoms with E-state index in [0.717, 1.165) is 19.3 Å². The molecule has 2 atom stereocenters. The highest BCUT2D eigenvalue weighted by molar-refractivity contribution is 4.89. The highest BCUT2D eigenvalue weighted by Crippen LogP contribution is 2.21. The lowest BCUT2D eigenvalue weighted by molar-refractivity contribution is 0.0892. The average Bonchev–Trinajstić information content (AvgIpc) is 2.35.